The molecule has 5 N–H and O–H groups in total. The normalized spacial score (nSPS) is 16.2. The van der Waals surface area contributed by atoms with Crippen LogP contribution in [0.25, 0.3) is 0 Å². The molecule has 1 saturated heterocycles. The van der Waals surface area contributed by atoms with Gasteiger partial charge in [0.2, 0.25) is 11.8 Å². The summed E-state index contributed by atoms with van der Waals surface area (Å²) in [6, 6.07) is 16.9. The van der Waals surface area contributed by atoms with Gasteiger partial charge in [-0.2, -0.15) is 0 Å². The molecule has 1 aliphatic rings. The summed E-state index contributed by atoms with van der Waals surface area (Å²) in [6.07, 6.45) is 2.02. The highest BCUT2D eigenvalue weighted by atomic mass is 16.2. The Morgan fingerprint density at radius 3 is 2.56 bits per heavy atom. The second-order valence-corrected chi connectivity index (χ2v) is 8.07. The van der Waals surface area contributed by atoms with E-state index >= 15 is 0 Å². The molecule has 1 aliphatic heterocycles. The first-order valence-corrected chi connectivity index (χ1v) is 11.0. The minimum Gasteiger partial charge on any atom is -0.369 e. The molecule has 0 aliphatic carbocycles. The van der Waals surface area contributed by atoms with E-state index in [1.165, 1.54) is 0 Å². The van der Waals surface area contributed by atoms with Gasteiger partial charge in [-0.1, -0.05) is 42.5 Å². The molecule has 8 nitrogen and oxygen atoms in total. The maximum atomic E-state index is 12.1. The lowest BCUT2D eigenvalue weighted by Gasteiger charge is -2.31. The molecule has 1 fully saturated rings. The van der Waals surface area contributed by atoms with Gasteiger partial charge in [0.15, 0.2) is 0 Å². The van der Waals surface area contributed by atoms with Gasteiger partial charge in [-0.15, -0.1) is 0 Å². The van der Waals surface area contributed by atoms with Crippen molar-refractivity contribution < 1.29 is 14.4 Å². The van der Waals surface area contributed by atoms with Gasteiger partial charge < -0.3 is 21.7 Å². The van der Waals surface area contributed by atoms with Gasteiger partial charge in [0.05, 0.1) is 5.92 Å². The molecule has 0 saturated carbocycles. The molecule has 4 amide bonds. The number of nitrogens with one attached hydrogen (secondary N) is 3. The highest BCUT2D eigenvalue weighted by molar-refractivity contribution is 5.91. The summed E-state index contributed by atoms with van der Waals surface area (Å²) in [6.45, 7) is 3.03. The fourth-order valence-electron chi connectivity index (χ4n) is 3.81. The minimum atomic E-state index is -0.316. The molecule has 0 spiro atoms. The Hall–Kier alpha value is -3.39. The van der Waals surface area contributed by atoms with Crippen molar-refractivity contribution in [3.8, 4) is 0 Å². The van der Waals surface area contributed by atoms with Crippen molar-refractivity contribution in [1.82, 2.24) is 15.5 Å². The number of amides is 4. The molecule has 32 heavy (non-hydrogen) atoms. The Labute approximate surface area is 188 Å². The van der Waals surface area contributed by atoms with Crippen LogP contribution < -0.4 is 21.7 Å². The van der Waals surface area contributed by atoms with Crippen molar-refractivity contribution in [2.24, 2.45) is 11.7 Å². The van der Waals surface area contributed by atoms with Gasteiger partial charge in [-0.05, 0) is 42.6 Å². The van der Waals surface area contributed by atoms with E-state index in [-0.39, 0.29) is 36.7 Å². The predicted molar refractivity (Wildman–Crippen MR) is 124 cm³/mol. The van der Waals surface area contributed by atoms with Gasteiger partial charge >= 0.3 is 6.03 Å². The number of hydrogen-bond acceptors (Lipinski definition) is 4. The molecule has 0 radical (unpaired) electrons. The first kappa shape index (κ1) is 23.3. The minimum absolute atomic E-state index is 0.0768. The number of benzene rings is 2. The molecule has 2 aromatic carbocycles. The van der Waals surface area contributed by atoms with Crippen LogP contribution in [0.1, 0.15) is 30.4 Å². The standard InChI is InChI=1S/C24H31N5O3/c25-23(31)20-8-5-13-29(17-20)16-19-7-4-6-18(14-19)15-27-24(32)26-12-11-22(30)28-21-9-2-1-3-10-21/h1-4,6-7,9-10,14,20H,5,8,11-13,15-17H2,(H2,25,31)(H,28,30)(H2,26,27,32). The van der Waals surface area contributed by atoms with Gasteiger partial charge in [-0.3, -0.25) is 14.5 Å². The summed E-state index contributed by atoms with van der Waals surface area (Å²) in [5, 5.41) is 8.30. The van der Waals surface area contributed by atoms with Crippen molar-refractivity contribution in [2.75, 3.05) is 25.0 Å². The Bertz CT molecular complexity index is 919. The Kier molecular flexibility index (Phi) is 8.62. The third kappa shape index (κ3) is 7.70. The van der Waals surface area contributed by atoms with E-state index < -0.39 is 0 Å². The summed E-state index contributed by atoms with van der Waals surface area (Å²) in [5.74, 6) is -0.455. The van der Waals surface area contributed by atoms with Crippen molar-refractivity contribution >= 4 is 23.5 Å². The molecular weight excluding hydrogens is 406 g/mol. The first-order chi connectivity index (χ1) is 15.5. The van der Waals surface area contributed by atoms with Gasteiger partial charge in [0, 0.05) is 38.3 Å². The fourth-order valence-corrected chi connectivity index (χ4v) is 3.81. The number of urea groups is 1. The number of nitrogens with zero attached hydrogens (tertiary/aromatic N) is 1. The first-order valence-electron chi connectivity index (χ1n) is 11.0. The predicted octanol–water partition coefficient (Wildman–Crippen LogP) is 2.21. The van der Waals surface area contributed by atoms with Crippen LogP contribution in [0.5, 0.6) is 0 Å². The molecule has 0 bridgehead atoms. The number of carbonyl (C=O) groups is 3. The van der Waals surface area contributed by atoms with E-state index in [1.54, 1.807) is 0 Å². The summed E-state index contributed by atoms with van der Waals surface area (Å²) in [4.78, 5) is 37.7. The number of anilines is 1. The number of nitrogens with two attached hydrogens (primary N) is 1. The highest BCUT2D eigenvalue weighted by Gasteiger charge is 2.23. The maximum absolute atomic E-state index is 12.1. The SMILES string of the molecule is NC(=O)C1CCCN(Cc2cccc(CNC(=O)NCCC(=O)Nc3ccccc3)c2)C1. The lowest BCUT2D eigenvalue weighted by Crippen LogP contribution is -2.40. The number of hydrogen-bond donors (Lipinski definition) is 4. The number of para-hydroxylation sites is 1. The Morgan fingerprint density at radius 1 is 1.00 bits per heavy atom. The molecular formula is C24H31N5O3. The second-order valence-electron chi connectivity index (χ2n) is 8.07. The van der Waals surface area contributed by atoms with E-state index in [0.29, 0.717) is 13.1 Å². The van der Waals surface area contributed by atoms with E-state index in [0.717, 1.165) is 42.7 Å². The third-order valence-electron chi connectivity index (χ3n) is 5.45. The summed E-state index contributed by atoms with van der Waals surface area (Å²) in [7, 11) is 0. The van der Waals surface area contributed by atoms with Crippen LogP contribution in [0.15, 0.2) is 54.6 Å². The van der Waals surface area contributed by atoms with Crippen molar-refractivity contribution in [3.63, 3.8) is 0 Å². The zero-order valence-corrected chi connectivity index (χ0v) is 18.2. The maximum Gasteiger partial charge on any atom is 0.315 e. The van der Waals surface area contributed by atoms with Crippen LogP contribution in [-0.2, 0) is 22.7 Å². The van der Waals surface area contributed by atoms with Gasteiger partial charge in [0.25, 0.3) is 0 Å². The number of primary amides is 1. The quantitative estimate of drug-likeness (QED) is 0.481. The summed E-state index contributed by atoms with van der Waals surface area (Å²) >= 11 is 0. The van der Waals surface area contributed by atoms with Gasteiger partial charge in [0.1, 0.15) is 0 Å². The molecule has 8 heteroatoms. The number of carbonyl (C=O) groups excluding carboxylic acids is 3. The third-order valence-corrected chi connectivity index (χ3v) is 5.45. The van der Waals surface area contributed by atoms with Crippen molar-refractivity contribution in [2.45, 2.75) is 32.4 Å². The molecule has 3 rings (SSSR count). The zero-order chi connectivity index (χ0) is 22.8. The number of rotatable bonds is 9. The van der Waals surface area contributed by atoms with E-state index in [1.807, 2.05) is 48.5 Å². The molecule has 1 unspecified atom stereocenters. The van der Waals surface area contributed by atoms with Crippen LogP contribution in [0.2, 0.25) is 0 Å². The van der Waals surface area contributed by atoms with E-state index in [4.69, 9.17) is 5.73 Å². The van der Waals surface area contributed by atoms with E-state index in [2.05, 4.69) is 26.9 Å². The zero-order valence-electron chi connectivity index (χ0n) is 18.2. The van der Waals surface area contributed by atoms with Gasteiger partial charge in [-0.25, -0.2) is 4.79 Å². The van der Waals surface area contributed by atoms with Crippen LogP contribution in [0, 0.1) is 5.92 Å². The lowest BCUT2D eigenvalue weighted by molar-refractivity contribution is -0.123. The highest BCUT2D eigenvalue weighted by Crippen LogP contribution is 2.18. The summed E-state index contributed by atoms with van der Waals surface area (Å²) in [5.41, 5.74) is 8.32. The van der Waals surface area contributed by atoms with Crippen LogP contribution in [-0.4, -0.2) is 42.4 Å². The van der Waals surface area contributed by atoms with Crippen LogP contribution in [0.3, 0.4) is 0 Å². The summed E-state index contributed by atoms with van der Waals surface area (Å²) < 4.78 is 0. The Morgan fingerprint density at radius 2 is 1.78 bits per heavy atom. The number of likely N-dealkylation sites (tertiary alicyclic amines) is 1. The fraction of sp³-hybridized carbons (Fsp3) is 0.375. The molecule has 1 heterocycles. The molecule has 170 valence electrons. The van der Waals surface area contributed by atoms with Crippen LogP contribution in [0.4, 0.5) is 10.5 Å². The molecule has 0 aromatic heterocycles. The van der Waals surface area contributed by atoms with Crippen LogP contribution >= 0.6 is 0 Å². The van der Waals surface area contributed by atoms with Crippen molar-refractivity contribution in [3.05, 3.63) is 65.7 Å². The largest absolute Gasteiger partial charge is 0.369 e. The molecule has 1 atom stereocenters. The van der Waals surface area contributed by atoms with E-state index in [9.17, 15) is 14.4 Å². The average molecular weight is 438 g/mol. The number of piperidine rings is 1. The lowest BCUT2D eigenvalue weighted by atomic mass is 9.97. The average Bonchev–Trinajstić information content (AvgIpc) is 2.79. The second kappa shape index (κ2) is 11.9. The smallest absolute Gasteiger partial charge is 0.315 e. The topological polar surface area (TPSA) is 117 Å². The molecule has 2 aromatic rings. The van der Waals surface area contributed by atoms with Crippen molar-refractivity contribution in [1.29, 1.82) is 0 Å². The Balaban J connectivity index is 1.37. The monoisotopic (exact) mass is 437 g/mol.